The van der Waals surface area contributed by atoms with Gasteiger partial charge in [0.05, 0.1) is 18.7 Å². The van der Waals surface area contributed by atoms with Crippen LogP contribution in [0, 0.1) is 6.92 Å². The van der Waals surface area contributed by atoms with E-state index in [2.05, 4.69) is 52.0 Å². The topological polar surface area (TPSA) is 25.4 Å². The summed E-state index contributed by atoms with van der Waals surface area (Å²) >= 11 is 3.60. The van der Waals surface area contributed by atoms with E-state index in [-0.39, 0.29) is 0 Å². The smallest absolute Gasteiger partial charge is 0.129 e. The highest BCUT2D eigenvalue weighted by Crippen LogP contribution is 2.26. The Hall–Kier alpha value is -1.13. The first-order valence-corrected chi connectivity index (χ1v) is 6.93. The highest BCUT2D eigenvalue weighted by Gasteiger charge is 2.13. The summed E-state index contributed by atoms with van der Waals surface area (Å²) in [5.41, 5.74) is 2.28. The molecule has 0 spiro atoms. The van der Waals surface area contributed by atoms with Gasteiger partial charge < -0.3 is 9.64 Å². The lowest BCUT2D eigenvalue weighted by molar-refractivity contribution is 0.122. The van der Waals surface area contributed by atoms with Gasteiger partial charge in [0.1, 0.15) is 5.82 Å². The van der Waals surface area contributed by atoms with Gasteiger partial charge >= 0.3 is 0 Å². The second-order valence-corrected chi connectivity index (χ2v) is 5.44. The summed E-state index contributed by atoms with van der Waals surface area (Å²) in [7, 11) is 0. The van der Waals surface area contributed by atoms with Crippen LogP contribution in [0.2, 0.25) is 0 Å². The van der Waals surface area contributed by atoms with Gasteiger partial charge in [-0.2, -0.15) is 0 Å². The van der Waals surface area contributed by atoms with E-state index in [1.165, 1.54) is 10.9 Å². The highest BCUT2D eigenvalue weighted by atomic mass is 79.9. The van der Waals surface area contributed by atoms with E-state index in [0.29, 0.717) is 0 Å². The third-order valence-electron chi connectivity index (χ3n) is 3.21. The zero-order valence-corrected chi connectivity index (χ0v) is 11.9. The van der Waals surface area contributed by atoms with Crippen molar-refractivity contribution in [2.24, 2.45) is 0 Å². The predicted molar refractivity (Wildman–Crippen MR) is 77.2 cm³/mol. The number of pyridine rings is 1. The van der Waals surface area contributed by atoms with Crippen molar-refractivity contribution in [3.05, 3.63) is 34.3 Å². The molecule has 1 aliphatic heterocycles. The van der Waals surface area contributed by atoms with Gasteiger partial charge in [0.25, 0.3) is 0 Å². The van der Waals surface area contributed by atoms with Crippen LogP contribution in [0.25, 0.3) is 10.9 Å². The van der Waals surface area contributed by atoms with Crippen LogP contribution in [0.4, 0.5) is 5.82 Å². The minimum atomic E-state index is 0.786. The van der Waals surface area contributed by atoms with Crippen LogP contribution in [0.3, 0.4) is 0 Å². The van der Waals surface area contributed by atoms with Crippen LogP contribution < -0.4 is 4.90 Å². The Labute approximate surface area is 115 Å². The molecular weight excluding hydrogens is 292 g/mol. The fraction of sp³-hybridized carbons (Fsp3) is 0.357. The number of aromatic nitrogens is 1. The number of hydrogen-bond acceptors (Lipinski definition) is 3. The molecule has 1 aromatic carbocycles. The molecular formula is C14H15BrN2O. The standard InChI is InChI=1S/C14H15BrN2O/c1-10-8-11-2-3-13(16-14(11)12(15)9-10)17-4-6-18-7-5-17/h2-3,8-9H,4-7H2,1H3. The van der Waals surface area contributed by atoms with Crippen molar-refractivity contribution in [2.45, 2.75) is 6.92 Å². The maximum absolute atomic E-state index is 5.37. The fourth-order valence-corrected chi connectivity index (χ4v) is 2.97. The summed E-state index contributed by atoms with van der Waals surface area (Å²) in [5, 5.41) is 1.18. The third-order valence-corrected chi connectivity index (χ3v) is 3.82. The highest BCUT2D eigenvalue weighted by molar-refractivity contribution is 9.10. The Bertz CT molecular complexity index is 579. The molecule has 0 saturated carbocycles. The molecule has 0 bridgehead atoms. The molecule has 0 unspecified atom stereocenters. The predicted octanol–water partition coefficient (Wildman–Crippen LogP) is 3.14. The quantitative estimate of drug-likeness (QED) is 0.809. The normalized spacial score (nSPS) is 16.2. The Kier molecular flexibility index (Phi) is 3.22. The number of benzene rings is 1. The lowest BCUT2D eigenvalue weighted by atomic mass is 10.1. The van der Waals surface area contributed by atoms with Crippen molar-refractivity contribution in [1.82, 2.24) is 4.98 Å². The molecule has 0 atom stereocenters. The van der Waals surface area contributed by atoms with Crippen LogP contribution in [0.15, 0.2) is 28.7 Å². The molecule has 1 saturated heterocycles. The zero-order valence-electron chi connectivity index (χ0n) is 10.3. The largest absolute Gasteiger partial charge is 0.378 e. The van der Waals surface area contributed by atoms with Crippen molar-refractivity contribution in [1.29, 1.82) is 0 Å². The molecule has 1 aromatic heterocycles. The molecule has 1 aliphatic rings. The van der Waals surface area contributed by atoms with Gasteiger partial charge in [0.15, 0.2) is 0 Å². The number of nitrogens with zero attached hydrogens (tertiary/aromatic N) is 2. The summed E-state index contributed by atoms with van der Waals surface area (Å²) in [6, 6.07) is 8.51. The molecule has 0 amide bonds. The second-order valence-electron chi connectivity index (χ2n) is 4.59. The monoisotopic (exact) mass is 306 g/mol. The minimum Gasteiger partial charge on any atom is -0.378 e. The first-order valence-electron chi connectivity index (χ1n) is 6.13. The SMILES string of the molecule is Cc1cc(Br)c2nc(N3CCOCC3)ccc2c1. The summed E-state index contributed by atoms with van der Waals surface area (Å²) in [6.07, 6.45) is 0. The number of aryl methyl sites for hydroxylation is 1. The Morgan fingerprint density at radius 1 is 1.22 bits per heavy atom. The van der Waals surface area contributed by atoms with Crippen molar-refractivity contribution in [3.8, 4) is 0 Å². The van der Waals surface area contributed by atoms with Gasteiger partial charge in [-0.1, -0.05) is 0 Å². The number of rotatable bonds is 1. The number of fused-ring (bicyclic) bond motifs is 1. The van der Waals surface area contributed by atoms with E-state index in [0.717, 1.165) is 42.1 Å². The van der Waals surface area contributed by atoms with Gasteiger partial charge in [-0.05, 0) is 52.7 Å². The molecule has 18 heavy (non-hydrogen) atoms. The molecule has 0 N–H and O–H groups in total. The number of morpholine rings is 1. The van der Waals surface area contributed by atoms with Crippen LogP contribution >= 0.6 is 15.9 Å². The van der Waals surface area contributed by atoms with Crippen LogP contribution in [-0.4, -0.2) is 31.3 Å². The van der Waals surface area contributed by atoms with Gasteiger partial charge in [-0.3, -0.25) is 0 Å². The molecule has 94 valence electrons. The van der Waals surface area contributed by atoms with Gasteiger partial charge in [0, 0.05) is 22.9 Å². The zero-order chi connectivity index (χ0) is 12.5. The number of halogens is 1. The summed E-state index contributed by atoms with van der Waals surface area (Å²) in [4.78, 5) is 7.04. The maximum atomic E-state index is 5.37. The molecule has 3 nitrogen and oxygen atoms in total. The van der Waals surface area contributed by atoms with Crippen molar-refractivity contribution < 1.29 is 4.74 Å². The van der Waals surface area contributed by atoms with E-state index in [9.17, 15) is 0 Å². The van der Waals surface area contributed by atoms with Gasteiger partial charge in [-0.25, -0.2) is 4.98 Å². The van der Waals surface area contributed by atoms with Gasteiger partial charge in [-0.15, -0.1) is 0 Å². The van der Waals surface area contributed by atoms with Gasteiger partial charge in [0.2, 0.25) is 0 Å². The van der Waals surface area contributed by atoms with Crippen LogP contribution in [0.1, 0.15) is 5.56 Å². The van der Waals surface area contributed by atoms with E-state index in [1.807, 2.05) is 0 Å². The molecule has 1 fully saturated rings. The first-order chi connectivity index (χ1) is 8.74. The Morgan fingerprint density at radius 3 is 2.78 bits per heavy atom. The second kappa shape index (κ2) is 4.86. The average Bonchev–Trinajstić information content (AvgIpc) is 2.39. The van der Waals surface area contributed by atoms with E-state index >= 15 is 0 Å². The van der Waals surface area contributed by atoms with E-state index in [1.54, 1.807) is 0 Å². The van der Waals surface area contributed by atoms with E-state index in [4.69, 9.17) is 9.72 Å². The molecule has 2 aromatic rings. The summed E-state index contributed by atoms with van der Waals surface area (Å²) in [6.45, 7) is 5.51. The molecule has 3 rings (SSSR count). The Morgan fingerprint density at radius 2 is 2.00 bits per heavy atom. The van der Waals surface area contributed by atoms with Crippen molar-refractivity contribution >= 4 is 32.7 Å². The van der Waals surface area contributed by atoms with Crippen molar-refractivity contribution in [3.63, 3.8) is 0 Å². The van der Waals surface area contributed by atoms with Crippen LogP contribution in [0.5, 0.6) is 0 Å². The number of hydrogen-bond donors (Lipinski definition) is 0. The summed E-state index contributed by atoms with van der Waals surface area (Å²) < 4.78 is 6.43. The summed E-state index contributed by atoms with van der Waals surface area (Å²) in [5.74, 6) is 1.04. The lowest BCUT2D eigenvalue weighted by Crippen LogP contribution is -2.36. The van der Waals surface area contributed by atoms with Crippen molar-refractivity contribution in [2.75, 3.05) is 31.2 Å². The molecule has 0 aliphatic carbocycles. The first kappa shape index (κ1) is 11.9. The molecule has 2 heterocycles. The minimum absolute atomic E-state index is 0.786. The third kappa shape index (κ3) is 2.22. The van der Waals surface area contributed by atoms with E-state index < -0.39 is 0 Å². The van der Waals surface area contributed by atoms with Crippen LogP contribution in [-0.2, 0) is 4.74 Å². The molecule has 4 heteroatoms. The molecule has 0 radical (unpaired) electrons. The maximum Gasteiger partial charge on any atom is 0.129 e. The average molecular weight is 307 g/mol. The fourth-order valence-electron chi connectivity index (χ4n) is 2.29. The number of anilines is 1. The Balaban J connectivity index is 2.04. The number of ether oxygens (including phenoxy) is 1. The lowest BCUT2D eigenvalue weighted by Gasteiger charge is -2.28.